The summed E-state index contributed by atoms with van der Waals surface area (Å²) in [6.45, 7) is 14.5. The molecular weight excluding hydrogens is 555 g/mol. The normalized spacial score (nSPS) is 21.1. The van der Waals surface area contributed by atoms with Crippen LogP contribution < -0.4 is 15.5 Å². The van der Waals surface area contributed by atoms with E-state index < -0.39 is 46.7 Å². The Morgan fingerprint density at radius 3 is 2.14 bits per heavy atom. The molecule has 1 aromatic rings. The highest BCUT2D eigenvalue weighted by atomic mass is 79.9. The molecule has 2 fully saturated rings. The van der Waals surface area contributed by atoms with Crippen LogP contribution in [0.25, 0.3) is 0 Å². The van der Waals surface area contributed by atoms with Gasteiger partial charge in [0.2, 0.25) is 0 Å². The number of anilines is 1. The lowest BCUT2D eigenvalue weighted by Gasteiger charge is -2.42. The van der Waals surface area contributed by atoms with E-state index in [1.165, 1.54) is 24.2 Å². The van der Waals surface area contributed by atoms with Crippen molar-refractivity contribution in [1.29, 1.82) is 0 Å². The first-order valence-electron chi connectivity index (χ1n) is 12.4. The number of nitrogens with zero attached hydrogens (tertiary/aromatic N) is 1. The highest BCUT2D eigenvalue weighted by molar-refractivity contribution is 9.10. The Kier molecular flexibility index (Phi) is 9.61. The summed E-state index contributed by atoms with van der Waals surface area (Å²) in [7, 11) is 0. The highest BCUT2D eigenvalue weighted by Crippen LogP contribution is 2.41. The van der Waals surface area contributed by atoms with Crippen LogP contribution in [0.15, 0.2) is 16.6 Å². The molecule has 1 atom stereocenters. The molecule has 0 unspecified atom stereocenters. The lowest BCUT2D eigenvalue weighted by Crippen LogP contribution is -2.55. The van der Waals surface area contributed by atoms with Crippen LogP contribution in [0.2, 0.25) is 0 Å². The molecule has 2 saturated heterocycles. The SMILES string of the molecule is CC(C)(C)OC(=O)N[C@@H]1CCN(c2c(C(=O)O)cc(Br)cc2C(F)(F)F)C1.CC1(C)CCCC(C)(C)N1. The van der Waals surface area contributed by atoms with Crippen LogP contribution in [0.1, 0.15) is 90.1 Å². The molecule has 210 valence electrons. The van der Waals surface area contributed by atoms with E-state index in [2.05, 4.69) is 54.3 Å². The molecule has 7 nitrogen and oxygen atoms in total. The number of piperidine rings is 1. The van der Waals surface area contributed by atoms with Gasteiger partial charge in [-0.25, -0.2) is 9.59 Å². The number of ether oxygens (including phenoxy) is 1. The summed E-state index contributed by atoms with van der Waals surface area (Å²) in [5.74, 6) is -1.46. The van der Waals surface area contributed by atoms with Crippen LogP contribution in [0.5, 0.6) is 0 Å². The van der Waals surface area contributed by atoms with Crippen molar-refractivity contribution in [3.63, 3.8) is 0 Å². The van der Waals surface area contributed by atoms with Gasteiger partial charge in [-0.3, -0.25) is 0 Å². The zero-order valence-corrected chi connectivity index (χ0v) is 24.2. The van der Waals surface area contributed by atoms with E-state index in [4.69, 9.17) is 4.74 Å². The summed E-state index contributed by atoms with van der Waals surface area (Å²) >= 11 is 2.93. The van der Waals surface area contributed by atoms with Gasteiger partial charge in [-0.15, -0.1) is 0 Å². The summed E-state index contributed by atoms with van der Waals surface area (Å²) in [6, 6.07) is 1.55. The van der Waals surface area contributed by atoms with Gasteiger partial charge in [0.05, 0.1) is 22.9 Å². The number of hydrogen-bond acceptors (Lipinski definition) is 5. The summed E-state index contributed by atoms with van der Waals surface area (Å²) in [6.07, 6.45) is -1.02. The molecule has 11 heteroatoms. The van der Waals surface area contributed by atoms with Crippen molar-refractivity contribution in [2.45, 2.75) is 103 Å². The second-order valence-corrected chi connectivity index (χ2v) is 12.9. The average molecular weight is 595 g/mol. The van der Waals surface area contributed by atoms with Crippen molar-refractivity contribution in [2.75, 3.05) is 18.0 Å². The quantitative estimate of drug-likeness (QED) is 0.366. The van der Waals surface area contributed by atoms with Crippen LogP contribution in [0.4, 0.5) is 23.7 Å². The topological polar surface area (TPSA) is 90.9 Å². The maximum Gasteiger partial charge on any atom is 0.418 e. The van der Waals surface area contributed by atoms with Crippen LogP contribution in [-0.4, -0.2) is 53.0 Å². The summed E-state index contributed by atoms with van der Waals surface area (Å²) in [5, 5.41) is 15.6. The number of nitrogens with one attached hydrogen (secondary N) is 2. The predicted octanol–water partition coefficient (Wildman–Crippen LogP) is 6.59. The van der Waals surface area contributed by atoms with Crippen LogP contribution >= 0.6 is 15.9 Å². The molecule has 2 aliphatic heterocycles. The molecule has 3 rings (SSSR count). The molecule has 2 aliphatic rings. The van der Waals surface area contributed by atoms with Gasteiger partial charge in [0.15, 0.2) is 0 Å². The lowest BCUT2D eigenvalue weighted by molar-refractivity contribution is -0.137. The van der Waals surface area contributed by atoms with Gasteiger partial charge >= 0.3 is 18.2 Å². The Morgan fingerprint density at radius 1 is 1.14 bits per heavy atom. The third-order valence-corrected chi connectivity index (χ3v) is 6.57. The molecule has 0 spiro atoms. The van der Waals surface area contributed by atoms with Crippen molar-refractivity contribution in [1.82, 2.24) is 10.6 Å². The Hall–Kier alpha value is -2.01. The number of carboxylic acids is 1. The molecule has 0 aromatic heterocycles. The molecule has 0 aliphatic carbocycles. The minimum absolute atomic E-state index is 0.0265. The monoisotopic (exact) mass is 593 g/mol. The van der Waals surface area contributed by atoms with E-state index in [0.29, 0.717) is 17.5 Å². The van der Waals surface area contributed by atoms with Crippen LogP contribution in [0, 0.1) is 0 Å². The number of amides is 1. The predicted molar refractivity (Wildman–Crippen MR) is 141 cm³/mol. The minimum atomic E-state index is -4.72. The van der Waals surface area contributed by atoms with Crippen molar-refractivity contribution < 1.29 is 32.6 Å². The third-order valence-electron chi connectivity index (χ3n) is 6.12. The second kappa shape index (κ2) is 11.4. The number of carboxylic acid groups (broad SMARTS) is 1. The molecule has 1 amide bonds. The Morgan fingerprint density at radius 2 is 1.70 bits per heavy atom. The van der Waals surface area contributed by atoms with E-state index >= 15 is 0 Å². The molecular formula is C26H39BrF3N3O4. The second-order valence-electron chi connectivity index (χ2n) is 12.0. The standard InChI is InChI=1S/C17H20BrF3N2O4.C9H19N/c1-16(2,3)27-15(26)22-10-4-5-23(8-10)13-11(14(24)25)6-9(18)7-12(13)17(19,20)21;1-8(2)6-5-7-9(3,4)10-8/h6-7,10H,4-5,8H2,1-3H3,(H,22,26)(H,24,25);10H,5-7H2,1-4H3/t10-;/m1./s1. The van der Waals surface area contributed by atoms with Gasteiger partial charge in [-0.05, 0) is 86.3 Å². The molecule has 0 bridgehead atoms. The van der Waals surface area contributed by atoms with E-state index in [1.54, 1.807) is 20.8 Å². The van der Waals surface area contributed by atoms with Gasteiger partial charge in [0.25, 0.3) is 0 Å². The van der Waals surface area contributed by atoms with Crippen molar-refractivity contribution >= 4 is 33.7 Å². The first-order chi connectivity index (χ1) is 16.7. The fourth-order valence-corrected chi connectivity index (χ4v) is 5.35. The van der Waals surface area contributed by atoms with Gasteiger partial charge in [0.1, 0.15) is 5.60 Å². The largest absolute Gasteiger partial charge is 0.478 e. The van der Waals surface area contributed by atoms with E-state index in [9.17, 15) is 27.9 Å². The number of aromatic carboxylic acids is 1. The number of carbonyl (C=O) groups excluding carboxylic acids is 1. The number of carbonyl (C=O) groups is 2. The Bertz CT molecular complexity index is 977. The Labute approximate surface area is 225 Å². The lowest BCUT2D eigenvalue weighted by atomic mass is 9.83. The minimum Gasteiger partial charge on any atom is -0.478 e. The van der Waals surface area contributed by atoms with Crippen molar-refractivity contribution in [2.24, 2.45) is 0 Å². The average Bonchev–Trinajstić information content (AvgIpc) is 3.11. The molecule has 3 N–H and O–H groups in total. The molecule has 37 heavy (non-hydrogen) atoms. The molecule has 0 saturated carbocycles. The Balaban J connectivity index is 0.000000402. The number of halogens is 4. The number of benzene rings is 1. The zero-order chi connectivity index (χ0) is 28.4. The number of rotatable bonds is 3. The van der Waals surface area contributed by atoms with E-state index in [0.717, 1.165) is 12.1 Å². The third kappa shape index (κ3) is 9.67. The fourth-order valence-electron chi connectivity index (χ4n) is 4.89. The first kappa shape index (κ1) is 31.2. The van der Waals surface area contributed by atoms with E-state index in [1.807, 2.05) is 0 Å². The number of hydrogen-bond donors (Lipinski definition) is 3. The highest BCUT2D eigenvalue weighted by Gasteiger charge is 2.40. The van der Waals surface area contributed by atoms with Crippen LogP contribution in [0.3, 0.4) is 0 Å². The number of alkyl halides is 3. The summed E-state index contributed by atoms with van der Waals surface area (Å²) < 4.78 is 45.6. The zero-order valence-electron chi connectivity index (χ0n) is 22.6. The van der Waals surface area contributed by atoms with Gasteiger partial charge in [-0.2, -0.15) is 13.2 Å². The van der Waals surface area contributed by atoms with Crippen LogP contribution in [-0.2, 0) is 10.9 Å². The number of alkyl carbamates (subject to hydrolysis) is 1. The first-order valence-corrected chi connectivity index (χ1v) is 13.2. The molecule has 0 radical (unpaired) electrons. The smallest absolute Gasteiger partial charge is 0.418 e. The molecule has 2 heterocycles. The maximum atomic E-state index is 13.5. The fraction of sp³-hybridized carbons (Fsp3) is 0.692. The molecule has 1 aromatic carbocycles. The van der Waals surface area contributed by atoms with Gasteiger partial charge in [0, 0.05) is 28.6 Å². The summed E-state index contributed by atoms with van der Waals surface area (Å²) in [5.41, 5.74) is -1.86. The van der Waals surface area contributed by atoms with Gasteiger partial charge < -0.3 is 25.4 Å². The van der Waals surface area contributed by atoms with Gasteiger partial charge in [-0.1, -0.05) is 15.9 Å². The summed E-state index contributed by atoms with van der Waals surface area (Å²) in [4.78, 5) is 24.7. The van der Waals surface area contributed by atoms with E-state index in [-0.39, 0.29) is 17.6 Å². The maximum absolute atomic E-state index is 13.5. The van der Waals surface area contributed by atoms with Crippen molar-refractivity contribution in [3.8, 4) is 0 Å². The van der Waals surface area contributed by atoms with Crippen molar-refractivity contribution in [3.05, 3.63) is 27.7 Å².